The molecular formula is C24H38ClN3O6S. The van der Waals surface area contributed by atoms with E-state index in [1.54, 1.807) is 24.7 Å². The molecule has 0 radical (unpaired) electrons. The van der Waals surface area contributed by atoms with E-state index in [0.717, 1.165) is 5.56 Å². The van der Waals surface area contributed by atoms with Gasteiger partial charge in [-0.05, 0) is 36.0 Å². The van der Waals surface area contributed by atoms with Crippen LogP contribution in [0.15, 0.2) is 24.3 Å². The number of rotatable bonds is 17. The SMILES string of the molecule is COCCOCOCCNC(=S)[C@@H](NC(=O)[C@@H](CC(=O)NO)CC(C)c1ccc(Cl)cc1)C(C)C. The van der Waals surface area contributed by atoms with Crippen LogP contribution in [0.25, 0.3) is 0 Å². The van der Waals surface area contributed by atoms with Gasteiger partial charge in [-0.2, -0.15) is 0 Å². The van der Waals surface area contributed by atoms with E-state index < -0.39 is 17.9 Å². The third-order valence-electron chi connectivity index (χ3n) is 5.40. The first kappa shape index (κ1) is 31.2. The molecule has 198 valence electrons. The Kier molecular flexibility index (Phi) is 15.7. The van der Waals surface area contributed by atoms with Gasteiger partial charge in [0.2, 0.25) is 11.8 Å². The van der Waals surface area contributed by atoms with Crippen molar-refractivity contribution >= 4 is 40.6 Å². The molecular weight excluding hydrogens is 494 g/mol. The first-order chi connectivity index (χ1) is 16.7. The Hall–Kier alpha value is -1.82. The Morgan fingerprint density at radius 1 is 1.09 bits per heavy atom. The van der Waals surface area contributed by atoms with E-state index in [0.29, 0.717) is 42.8 Å². The van der Waals surface area contributed by atoms with Crippen molar-refractivity contribution < 1.29 is 29.0 Å². The van der Waals surface area contributed by atoms with Crippen molar-refractivity contribution in [3.63, 3.8) is 0 Å². The summed E-state index contributed by atoms with van der Waals surface area (Å²) in [6.07, 6.45) is 0.255. The Balaban J connectivity index is 2.70. The van der Waals surface area contributed by atoms with E-state index in [-0.39, 0.29) is 31.0 Å². The topological polar surface area (TPSA) is 118 Å². The maximum atomic E-state index is 13.2. The van der Waals surface area contributed by atoms with Crippen molar-refractivity contribution in [2.24, 2.45) is 11.8 Å². The van der Waals surface area contributed by atoms with Crippen LogP contribution in [0.2, 0.25) is 5.02 Å². The predicted molar refractivity (Wildman–Crippen MR) is 139 cm³/mol. The lowest BCUT2D eigenvalue weighted by Crippen LogP contribution is -2.51. The van der Waals surface area contributed by atoms with Gasteiger partial charge in [0, 0.05) is 31.0 Å². The summed E-state index contributed by atoms with van der Waals surface area (Å²) < 4.78 is 15.5. The van der Waals surface area contributed by atoms with Crippen LogP contribution in [-0.4, -0.2) is 68.3 Å². The molecule has 1 aromatic carbocycles. The second-order valence-electron chi connectivity index (χ2n) is 8.57. The fraction of sp³-hybridized carbons (Fsp3) is 0.625. The summed E-state index contributed by atoms with van der Waals surface area (Å²) in [5.41, 5.74) is 2.62. The number of hydroxylamine groups is 1. The number of hydrogen-bond donors (Lipinski definition) is 4. The molecule has 0 heterocycles. The molecule has 0 aromatic heterocycles. The lowest BCUT2D eigenvalue weighted by Gasteiger charge is -2.27. The van der Waals surface area contributed by atoms with Gasteiger partial charge in [-0.25, -0.2) is 5.48 Å². The van der Waals surface area contributed by atoms with E-state index >= 15 is 0 Å². The van der Waals surface area contributed by atoms with Gasteiger partial charge in [0.25, 0.3) is 0 Å². The van der Waals surface area contributed by atoms with Gasteiger partial charge in [0.05, 0.1) is 30.9 Å². The molecule has 0 bridgehead atoms. The molecule has 0 spiro atoms. The summed E-state index contributed by atoms with van der Waals surface area (Å²) >= 11 is 11.5. The summed E-state index contributed by atoms with van der Waals surface area (Å²) in [5.74, 6) is -1.59. The van der Waals surface area contributed by atoms with Crippen molar-refractivity contribution in [1.82, 2.24) is 16.1 Å². The number of carbonyl (C=O) groups excluding carboxylic acids is 2. The van der Waals surface area contributed by atoms with Crippen LogP contribution < -0.4 is 16.1 Å². The van der Waals surface area contributed by atoms with E-state index in [9.17, 15) is 9.59 Å². The first-order valence-corrected chi connectivity index (χ1v) is 12.4. The van der Waals surface area contributed by atoms with Gasteiger partial charge in [-0.1, -0.05) is 56.7 Å². The number of hydrogen-bond acceptors (Lipinski definition) is 7. The van der Waals surface area contributed by atoms with Crippen molar-refractivity contribution in [2.45, 2.75) is 45.6 Å². The summed E-state index contributed by atoms with van der Waals surface area (Å²) in [6, 6.07) is 6.94. The molecule has 3 atom stereocenters. The molecule has 0 saturated carbocycles. The smallest absolute Gasteiger partial charge is 0.244 e. The Morgan fingerprint density at radius 3 is 2.34 bits per heavy atom. The van der Waals surface area contributed by atoms with Crippen molar-refractivity contribution in [3.8, 4) is 0 Å². The molecule has 1 aromatic rings. The van der Waals surface area contributed by atoms with Crippen LogP contribution in [0.3, 0.4) is 0 Å². The minimum Gasteiger partial charge on any atom is -0.382 e. The number of benzene rings is 1. The largest absolute Gasteiger partial charge is 0.382 e. The molecule has 1 unspecified atom stereocenters. The van der Waals surface area contributed by atoms with Crippen molar-refractivity contribution in [1.29, 1.82) is 0 Å². The highest BCUT2D eigenvalue weighted by atomic mass is 35.5. The van der Waals surface area contributed by atoms with Crippen LogP contribution in [0.1, 0.15) is 45.1 Å². The molecule has 0 aliphatic carbocycles. The second-order valence-corrected chi connectivity index (χ2v) is 9.45. The van der Waals surface area contributed by atoms with Crippen LogP contribution in [-0.2, 0) is 23.8 Å². The summed E-state index contributed by atoms with van der Waals surface area (Å²) in [6.45, 7) is 7.82. The molecule has 9 nitrogen and oxygen atoms in total. The van der Waals surface area contributed by atoms with Gasteiger partial charge >= 0.3 is 0 Å². The number of carbonyl (C=O) groups is 2. The average molecular weight is 532 g/mol. The standard InChI is InChI=1S/C24H38ClN3O6S/c1-16(2)22(24(35)26-9-10-33-15-34-12-11-32-4)27-23(30)19(14-21(29)28-31)13-17(3)18-5-7-20(25)8-6-18/h5-8,16-17,19,22,31H,9-15H2,1-4H3,(H,26,35)(H,27,30)(H,28,29)/t17?,19-,22+/m1/s1. The van der Waals surface area contributed by atoms with Crippen LogP contribution in [0.5, 0.6) is 0 Å². The quantitative estimate of drug-likeness (QED) is 0.0796. The zero-order valence-corrected chi connectivity index (χ0v) is 22.4. The summed E-state index contributed by atoms with van der Waals surface area (Å²) in [7, 11) is 1.60. The van der Waals surface area contributed by atoms with E-state index in [1.807, 2.05) is 32.9 Å². The van der Waals surface area contributed by atoms with Gasteiger partial charge < -0.3 is 24.8 Å². The lowest BCUT2D eigenvalue weighted by molar-refractivity contribution is -0.135. The van der Waals surface area contributed by atoms with E-state index in [1.165, 1.54) is 0 Å². The lowest BCUT2D eigenvalue weighted by atomic mass is 9.87. The number of thiocarbonyl (C=S) groups is 1. The van der Waals surface area contributed by atoms with Gasteiger partial charge in [0.1, 0.15) is 6.79 Å². The fourth-order valence-corrected chi connectivity index (χ4v) is 3.95. The highest BCUT2D eigenvalue weighted by Gasteiger charge is 2.29. The zero-order valence-electron chi connectivity index (χ0n) is 20.8. The molecule has 0 aliphatic rings. The molecule has 35 heavy (non-hydrogen) atoms. The average Bonchev–Trinajstić information content (AvgIpc) is 2.83. The van der Waals surface area contributed by atoms with Crippen LogP contribution >= 0.6 is 23.8 Å². The molecule has 0 saturated heterocycles. The molecule has 4 N–H and O–H groups in total. The fourth-order valence-electron chi connectivity index (χ4n) is 3.39. The third-order valence-corrected chi connectivity index (χ3v) is 6.05. The molecule has 0 fully saturated rings. The van der Waals surface area contributed by atoms with Gasteiger partial charge in [0.15, 0.2) is 0 Å². The molecule has 2 amide bonds. The zero-order chi connectivity index (χ0) is 26.2. The number of ether oxygens (including phenoxy) is 3. The maximum absolute atomic E-state index is 13.2. The highest BCUT2D eigenvalue weighted by molar-refractivity contribution is 7.80. The number of halogens is 1. The molecule has 11 heteroatoms. The molecule has 0 aliphatic heterocycles. The second kappa shape index (κ2) is 17.6. The first-order valence-electron chi connectivity index (χ1n) is 11.6. The number of amides is 2. The normalized spacial score (nSPS) is 13.7. The third kappa shape index (κ3) is 12.6. The van der Waals surface area contributed by atoms with Crippen molar-refractivity contribution in [2.75, 3.05) is 40.3 Å². The van der Waals surface area contributed by atoms with Crippen LogP contribution in [0.4, 0.5) is 0 Å². The Labute approximate surface area is 218 Å². The van der Waals surface area contributed by atoms with E-state index in [2.05, 4.69) is 10.6 Å². The minimum atomic E-state index is -0.663. The predicted octanol–water partition coefficient (Wildman–Crippen LogP) is 3.04. The molecule has 1 rings (SSSR count). The summed E-state index contributed by atoms with van der Waals surface area (Å²) in [4.78, 5) is 25.6. The maximum Gasteiger partial charge on any atom is 0.244 e. The van der Waals surface area contributed by atoms with Crippen molar-refractivity contribution in [3.05, 3.63) is 34.9 Å². The Morgan fingerprint density at radius 2 is 1.74 bits per heavy atom. The van der Waals surface area contributed by atoms with Gasteiger partial charge in [-0.15, -0.1) is 0 Å². The van der Waals surface area contributed by atoms with Gasteiger partial charge in [-0.3, -0.25) is 14.8 Å². The van der Waals surface area contributed by atoms with E-state index in [4.69, 9.17) is 43.2 Å². The van der Waals surface area contributed by atoms with Crippen LogP contribution in [0, 0.1) is 11.8 Å². The monoisotopic (exact) mass is 531 g/mol. The number of methoxy groups -OCH3 is 1. The minimum absolute atomic E-state index is 0.0123. The summed E-state index contributed by atoms with van der Waals surface area (Å²) in [5, 5.41) is 15.7. The number of nitrogens with one attached hydrogen (secondary N) is 3. The highest BCUT2D eigenvalue weighted by Crippen LogP contribution is 2.27. The Bertz CT molecular complexity index is 781.